The van der Waals surface area contributed by atoms with E-state index < -0.39 is 16.6 Å². The molecule has 1 unspecified atom stereocenters. The number of hydrogen-bond acceptors (Lipinski definition) is 3. The molecule has 21 heavy (non-hydrogen) atoms. The van der Waals surface area contributed by atoms with Crippen molar-refractivity contribution in [3.05, 3.63) is 66.2 Å². The normalized spacial score (nSPS) is 12.4. The zero-order valence-electron chi connectivity index (χ0n) is 10.9. The molecule has 1 aromatic heterocycles. The maximum Gasteiger partial charge on any atom is 0.179 e. The minimum Gasteiger partial charge on any atom is -0.464 e. The number of benzene rings is 2. The molecule has 1 heterocycles. The predicted octanol–water partition coefficient (Wildman–Crippen LogP) is 3.56. The highest BCUT2D eigenvalue weighted by atomic mass is 32.2. The van der Waals surface area contributed by atoms with Crippen molar-refractivity contribution in [1.82, 2.24) is 0 Å². The van der Waals surface area contributed by atoms with E-state index in [0.29, 0.717) is 21.4 Å². The fourth-order valence-corrected chi connectivity index (χ4v) is 3.06. The molecule has 0 radical (unpaired) electrons. The van der Waals surface area contributed by atoms with Crippen molar-refractivity contribution in [3.63, 3.8) is 0 Å². The largest absolute Gasteiger partial charge is 0.464 e. The summed E-state index contributed by atoms with van der Waals surface area (Å²) in [6.07, 6.45) is 1.38. The summed E-state index contributed by atoms with van der Waals surface area (Å²) < 4.78 is 30.3. The Kier molecular flexibility index (Phi) is 3.66. The Balaban J connectivity index is 1.83. The summed E-state index contributed by atoms with van der Waals surface area (Å²) in [6, 6.07) is 12.5. The second kappa shape index (κ2) is 5.61. The monoisotopic (exact) mass is 302 g/mol. The average molecular weight is 302 g/mol. The molecule has 0 aliphatic rings. The number of rotatable bonds is 4. The number of fused-ring (bicyclic) bond motifs is 1. The van der Waals surface area contributed by atoms with Gasteiger partial charge in [0.2, 0.25) is 0 Å². The molecule has 106 valence electrons. The lowest BCUT2D eigenvalue weighted by atomic mass is 10.1. The Hall–Kier alpha value is -2.27. The fraction of sp³-hybridized carbons (Fsp3) is 0.0625. The minimum atomic E-state index is -1.51. The van der Waals surface area contributed by atoms with Gasteiger partial charge < -0.3 is 4.42 Å². The van der Waals surface area contributed by atoms with Crippen LogP contribution >= 0.6 is 0 Å². The van der Waals surface area contributed by atoms with E-state index in [9.17, 15) is 13.4 Å². The van der Waals surface area contributed by atoms with Crippen LogP contribution in [0.25, 0.3) is 11.0 Å². The van der Waals surface area contributed by atoms with Gasteiger partial charge in [0, 0.05) is 10.3 Å². The lowest BCUT2D eigenvalue weighted by molar-refractivity contribution is 0.102. The number of para-hydroxylation sites is 1. The van der Waals surface area contributed by atoms with Crippen molar-refractivity contribution in [2.75, 3.05) is 5.75 Å². The van der Waals surface area contributed by atoms with Gasteiger partial charge in [0.05, 0.1) is 22.1 Å². The van der Waals surface area contributed by atoms with E-state index in [1.165, 1.54) is 30.5 Å². The quantitative estimate of drug-likeness (QED) is 0.692. The van der Waals surface area contributed by atoms with Crippen molar-refractivity contribution in [1.29, 1.82) is 0 Å². The zero-order valence-corrected chi connectivity index (χ0v) is 11.7. The fourth-order valence-electron chi connectivity index (χ4n) is 2.06. The molecule has 3 aromatic rings. The first-order valence-corrected chi connectivity index (χ1v) is 7.60. The van der Waals surface area contributed by atoms with Gasteiger partial charge in [0.25, 0.3) is 0 Å². The van der Waals surface area contributed by atoms with Crippen LogP contribution in [0.5, 0.6) is 0 Å². The van der Waals surface area contributed by atoms with Crippen LogP contribution in [0.4, 0.5) is 4.39 Å². The van der Waals surface area contributed by atoms with Gasteiger partial charge in [-0.05, 0) is 30.3 Å². The van der Waals surface area contributed by atoms with Crippen molar-refractivity contribution < 1.29 is 17.8 Å². The van der Waals surface area contributed by atoms with E-state index in [4.69, 9.17) is 4.42 Å². The molecule has 0 amide bonds. The minimum absolute atomic E-state index is 0.158. The topological polar surface area (TPSA) is 47.3 Å². The smallest absolute Gasteiger partial charge is 0.179 e. The van der Waals surface area contributed by atoms with Gasteiger partial charge in [-0.2, -0.15) is 0 Å². The van der Waals surface area contributed by atoms with Crippen molar-refractivity contribution in [3.8, 4) is 0 Å². The van der Waals surface area contributed by atoms with Gasteiger partial charge in [0.1, 0.15) is 17.7 Å². The lowest BCUT2D eigenvalue weighted by Crippen LogP contribution is -2.10. The van der Waals surface area contributed by atoms with Crippen LogP contribution in [0, 0.1) is 5.82 Å². The first-order valence-electron chi connectivity index (χ1n) is 6.28. The van der Waals surface area contributed by atoms with E-state index >= 15 is 0 Å². The third kappa shape index (κ3) is 2.78. The predicted molar refractivity (Wildman–Crippen MR) is 78.2 cm³/mol. The number of Topliss-reactive ketones (excluding diaryl/α,β-unsaturated/α-hetero) is 1. The number of ketones is 1. The standard InChI is InChI=1S/C16H11FO3S/c17-11-5-7-12(8-6-11)21(19)10-15(18)14-9-20-16-4-2-1-3-13(14)16/h1-9H,10H2. The van der Waals surface area contributed by atoms with Crippen LogP contribution in [0.15, 0.2) is 64.1 Å². The molecule has 3 nitrogen and oxygen atoms in total. The van der Waals surface area contributed by atoms with Crippen molar-refractivity contribution >= 4 is 27.6 Å². The SMILES string of the molecule is O=C(CS(=O)c1ccc(F)cc1)c1coc2ccccc12. The number of furan rings is 1. The summed E-state index contributed by atoms with van der Waals surface area (Å²) in [5.41, 5.74) is 1.04. The summed E-state index contributed by atoms with van der Waals surface area (Å²) in [4.78, 5) is 12.7. The molecular weight excluding hydrogens is 291 g/mol. The average Bonchev–Trinajstić information content (AvgIpc) is 2.92. The zero-order chi connectivity index (χ0) is 14.8. The summed E-state index contributed by atoms with van der Waals surface area (Å²) in [5.74, 6) is -0.819. The summed E-state index contributed by atoms with van der Waals surface area (Å²) in [5, 5.41) is 0.707. The molecule has 2 aromatic carbocycles. The summed E-state index contributed by atoms with van der Waals surface area (Å²) in [7, 11) is -1.51. The Morgan fingerprint density at radius 3 is 2.57 bits per heavy atom. The second-order valence-electron chi connectivity index (χ2n) is 4.51. The molecule has 0 bridgehead atoms. The molecule has 0 spiro atoms. The number of halogens is 1. The molecule has 1 atom stereocenters. The maximum atomic E-state index is 12.8. The lowest BCUT2D eigenvalue weighted by Gasteiger charge is -2.01. The number of hydrogen-bond donors (Lipinski definition) is 0. The molecule has 0 fully saturated rings. The van der Waals surface area contributed by atoms with E-state index in [1.54, 1.807) is 12.1 Å². The molecular formula is C16H11FO3S. The summed E-state index contributed by atoms with van der Waals surface area (Å²) >= 11 is 0. The first kappa shape index (κ1) is 13.7. The second-order valence-corrected chi connectivity index (χ2v) is 5.96. The van der Waals surface area contributed by atoms with Crippen molar-refractivity contribution in [2.24, 2.45) is 0 Å². The van der Waals surface area contributed by atoms with Crippen LogP contribution in [0.3, 0.4) is 0 Å². The highest BCUT2D eigenvalue weighted by Gasteiger charge is 2.17. The van der Waals surface area contributed by atoms with E-state index in [-0.39, 0.29) is 11.5 Å². The van der Waals surface area contributed by atoms with Crippen LogP contribution in [-0.4, -0.2) is 15.7 Å². The van der Waals surface area contributed by atoms with Crippen LogP contribution in [0.1, 0.15) is 10.4 Å². The summed E-state index contributed by atoms with van der Waals surface area (Å²) in [6.45, 7) is 0. The molecule has 5 heteroatoms. The van der Waals surface area contributed by atoms with Gasteiger partial charge in [0.15, 0.2) is 5.78 Å². The molecule has 3 rings (SSSR count). The van der Waals surface area contributed by atoms with Gasteiger partial charge in [-0.3, -0.25) is 9.00 Å². The van der Waals surface area contributed by atoms with Crippen molar-refractivity contribution in [2.45, 2.75) is 4.90 Å². The molecule has 0 aliphatic carbocycles. The highest BCUT2D eigenvalue weighted by Crippen LogP contribution is 2.22. The third-order valence-electron chi connectivity index (χ3n) is 3.12. The van der Waals surface area contributed by atoms with Gasteiger partial charge in [-0.1, -0.05) is 18.2 Å². The molecule has 0 saturated heterocycles. The molecule has 0 N–H and O–H groups in total. The van der Waals surface area contributed by atoms with Crippen LogP contribution < -0.4 is 0 Å². The van der Waals surface area contributed by atoms with Crippen LogP contribution in [-0.2, 0) is 10.8 Å². The first-order chi connectivity index (χ1) is 10.1. The van der Waals surface area contributed by atoms with Gasteiger partial charge in [-0.15, -0.1) is 0 Å². The van der Waals surface area contributed by atoms with Crippen LogP contribution in [0.2, 0.25) is 0 Å². The Bertz CT molecular complexity index is 821. The maximum absolute atomic E-state index is 12.8. The number of carbonyl (C=O) groups is 1. The van der Waals surface area contributed by atoms with E-state index in [0.717, 1.165) is 0 Å². The van der Waals surface area contributed by atoms with Gasteiger partial charge in [-0.25, -0.2) is 4.39 Å². The van der Waals surface area contributed by atoms with E-state index in [1.807, 2.05) is 12.1 Å². The molecule has 0 saturated carbocycles. The van der Waals surface area contributed by atoms with E-state index in [2.05, 4.69) is 0 Å². The Labute approximate surface area is 122 Å². The molecule has 0 aliphatic heterocycles. The Morgan fingerprint density at radius 1 is 1.10 bits per heavy atom. The van der Waals surface area contributed by atoms with Gasteiger partial charge >= 0.3 is 0 Å². The Morgan fingerprint density at radius 2 is 1.81 bits per heavy atom. The number of carbonyl (C=O) groups excluding carboxylic acids is 1. The third-order valence-corrected chi connectivity index (χ3v) is 4.44. The highest BCUT2D eigenvalue weighted by molar-refractivity contribution is 7.85.